The number of nitrogens with zero attached hydrogens (tertiary/aromatic N) is 1. The van der Waals surface area contributed by atoms with E-state index in [1.807, 2.05) is 0 Å². The largest absolute Gasteiger partial charge is 0.493 e. The third kappa shape index (κ3) is 1.93. The zero-order chi connectivity index (χ0) is 10.7. The molecule has 6 heteroatoms. The van der Waals surface area contributed by atoms with Gasteiger partial charge in [-0.05, 0) is 0 Å². The molecule has 0 aromatic carbocycles. The molecule has 0 aliphatic carbocycles. The standard InChI is InChI=1S/C8H8ClF2NO2/c1-14-6-5(8(10)11)4(3-13)2-12-7(6)9/h2,8,13H,3H2,1H3. The Morgan fingerprint density at radius 3 is 2.71 bits per heavy atom. The van der Waals surface area contributed by atoms with Crippen LogP contribution in [0.5, 0.6) is 5.75 Å². The highest BCUT2D eigenvalue weighted by atomic mass is 35.5. The number of hydrogen-bond acceptors (Lipinski definition) is 3. The molecule has 0 aliphatic rings. The van der Waals surface area contributed by atoms with E-state index in [9.17, 15) is 8.78 Å². The molecule has 0 unspecified atom stereocenters. The van der Waals surface area contributed by atoms with Crippen LogP contribution in [0.3, 0.4) is 0 Å². The molecule has 0 radical (unpaired) electrons. The Balaban J connectivity index is 3.36. The lowest BCUT2D eigenvalue weighted by atomic mass is 10.1. The average molecular weight is 224 g/mol. The van der Waals surface area contributed by atoms with Crippen LogP contribution in [0.4, 0.5) is 8.78 Å². The van der Waals surface area contributed by atoms with Gasteiger partial charge in [0.25, 0.3) is 6.43 Å². The zero-order valence-corrected chi connectivity index (χ0v) is 8.05. The molecule has 1 heterocycles. The minimum atomic E-state index is -2.76. The minimum Gasteiger partial charge on any atom is -0.493 e. The Morgan fingerprint density at radius 2 is 2.29 bits per heavy atom. The molecule has 0 amide bonds. The van der Waals surface area contributed by atoms with E-state index in [1.54, 1.807) is 0 Å². The van der Waals surface area contributed by atoms with Gasteiger partial charge in [0.15, 0.2) is 10.9 Å². The van der Waals surface area contributed by atoms with E-state index >= 15 is 0 Å². The molecule has 0 atom stereocenters. The molecule has 1 aromatic rings. The van der Waals surface area contributed by atoms with Crippen molar-refractivity contribution in [1.82, 2.24) is 4.98 Å². The van der Waals surface area contributed by atoms with Crippen LogP contribution in [-0.4, -0.2) is 17.2 Å². The second-order valence-corrected chi connectivity index (χ2v) is 2.84. The molecule has 0 saturated carbocycles. The van der Waals surface area contributed by atoms with E-state index in [-0.39, 0.29) is 16.5 Å². The zero-order valence-electron chi connectivity index (χ0n) is 7.30. The Bertz CT molecular complexity index is 333. The van der Waals surface area contributed by atoms with Gasteiger partial charge in [-0.2, -0.15) is 0 Å². The highest BCUT2D eigenvalue weighted by Crippen LogP contribution is 2.36. The third-order valence-electron chi connectivity index (χ3n) is 1.70. The van der Waals surface area contributed by atoms with Gasteiger partial charge in [-0.1, -0.05) is 11.6 Å². The van der Waals surface area contributed by atoms with Crippen LogP contribution in [0.15, 0.2) is 6.20 Å². The van der Waals surface area contributed by atoms with Gasteiger partial charge in [0.05, 0.1) is 19.3 Å². The van der Waals surface area contributed by atoms with Gasteiger partial charge in [0.1, 0.15) is 0 Å². The Hall–Kier alpha value is -0.940. The smallest absolute Gasteiger partial charge is 0.267 e. The number of pyridine rings is 1. The fraction of sp³-hybridized carbons (Fsp3) is 0.375. The van der Waals surface area contributed by atoms with Gasteiger partial charge in [0, 0.05) is 11.8 Å². The summed E-state index contributed by atoms with van der Waals surface area (Å²) in [5.74, 6) is -0.187. The van der Waals surface area contributed by atoms with Crippen molar-refractivity contribution in [3.8, 4) is 5.75 Å². The summed E-state index contributed by atoms with van der Waals surface area (Å²) >= 11 is 5.55. The quantitative estimate of drug-likeness (QED) is 0.799. The number of methoxy groups -OCH3 is 1. The molecule has 78 valence electrons. The summed E-state index contributed by atoms with van der Waals surface area (Å²) in [6, 6.07) is 0. The second kappa shape index (κ2) is 4.52. The molecule has 3 nitrogen and oxygen atoms in total. The number of aliphatic hydroxyl groups excluding tert-OH is 1. The molecular weight excluding hydrogens is 216 g/mol. The summed E-state index contributed by atoms with van der Waals surface area (Å²) in [5.41, 5.74) is -0.392. The summed E-state index contributed by atoms with van der Waals surface area (Å²) in [4.78, 5) is 3.61. The number of hydrogen-bond donors (Lipinski definition) is 1. The van der Waals surface area contributed by atoms with Crippen molar-refractivity contribution < 1.29 is 18.6 Å². The summed E-state index contributed by atoms with van der Waals surface area (Å²) in [6.07, 6.45) is -1.65. The molecule has 1 rings (SSSR count). The number of aromatic nitrogens is 1. The van der Waals surface area contributed by atoms with Crippen molar-refractivity contribution in [1.29, 1.82) is 0 Å². The van der Waals surface area contributed by atoms with E-state index in [4.69, 9.17) is 21.4 Å². The van der Waals surface area contributed by atoms with Crippen molar-refractivity contribution in [2.75, 3.05) is 7.11 Å². The van der Waals surface area contributed by atoms with Gasteiger partial charge >= 0.3 is 0 Å². The first-order valence-electron chi connectivity index (χ1n) is 3.72. The normalized spacial score (nSPS) is 10.7. The first kappa shape index (κ1) is 11.1. The van der Waals surface area contributed by atoms with Gasteiger partial charge < -0.3 is 9.84 Å². The predicted octanol–water partition coefficient (Wildman–Crippen LogP) is 2.17. The second-order valence-electron chi connectivity index (χ2n) is 2.48. The number of ether oxygens (including phenoxy) is 1. The average Bonchev–Trinajstić information content (AvgIpc) is 2.17. The number of alkyl halides is 2. The van der Waals surface area contributed by atoms with E-state index in [0.717, 1.165) is 6.20 Å². The van der Waals surface area contributed by atoms with Crippen molar-refractivity contribution in [2.24, 2.45) is 0 Å². The van der Waals surface area contributed by atoms with E-state index in [0.29, 0.717) is 0 Å². The van der Waals surface area contributed by atoms with E-state index in [1.165, 1.54) is 7.11 Å². The molecule has 0 fully saturated rings. The van der Waals surface area contributed by atoms with Crippen LogP contribution in [0.2, 0.25) is 5.15 Å². The van der Waals surface area contributed by atoms with Crippen molar-refractivity contribution in [2.45, 2.75) is 13.0 Å². The molecule has 1 aromatic heterocycles. The number of aliphatic hydroxyl groups is 1. The van der Waals surface area contributed by atoms with E-state index in [2.05, 4.69) is 4.98 Å². The van der Waals surface area contributed by atoms with Crippen LogP contribution >= 0.6 is 11.6 Å². The highest BCUT2D eigenvalue weighted by molar-refractivity contribution is 6.31. The SMILES string of the molecule is COc1c(Cl)ncc(CO)c1C(F)F. The van der Waals surface area contributed by atoms with Gasteiger partial charge in [0.2, 0.25) is 0 Å². The molecular formula is C8H8ClF2NO2. The number of halogens is 3. The Labute approximate surface area is 84.3 Å². The van der Waals surface area contributed by atoms with Gasteiger partial charge in [-0.25, -0.2) is 13.8 Å². The van der Waals surface area contributed by atoms with Crippen molar-refractivity contribution in [3.63, 3.8) is 0 Å². The Morgan fingerprint density at radius 1 is 1.64 bits per heavy atom. The van der Waals surface area contributed by atoms with Crippen LogP contribution in [0, 0.1) is 0 Å². The van der Waals surface area contributed by atoms with Crippen LogP contribution in [0.25, 0.3) is 0 Å². The van der Waals surface area contributed by atoms with Crippen LogP contribution in [-0.2, 0) is 6.61 Å². The van der Waals surface area contributed by atoms with Crippen molar-refractivity contribution in [3.05, 3.63) is 22.5 Å². The lowest BCUT2D eigenvalue weighted by Gasteiger charge is -2.12. The maximum absolute atomic E-state index is 12.6. The summed E-state index contributed by atoms with van der Waals surface area (Å²) in [7, 11) is 1.22. The maximum Gasteiger partial charge on any atom is 0.267 e. The fourth-order valence-electron chi connectivity index (χ4n) is 1.08. The lowest BCUT2D eigenvalue weighted by molar-refractivity contribution is 0.142. The Kier molecular flexibility index (Phi) is 3.60. The van der Waals surface area contributed by atoms with Gasteiger partial charge in [-0.3, -0.25) is 0 Å². The lowest BCUT2D eigenvalue weighted by Crippen LogP contribution is -2.01. The predicted molar refractivity (Wildman–Crippen MR) is 46.7 cm³/mol. The summed E-state index contributed by atoms with van der Waals surface area (Å²) in [6.45, 7) is -0.528. The molecule has 1 N–H and O–H groups in total. The molecule has 0 aliphatic heterocycles. The first-order valence-corrected chi connectivity index (χ1v) is 4.09. The molecule has 0 bridgehead atoms. The van der Waals surface area contributed by atoms with Crippen LogP contribution in [0.1, 0.15) is 17.6 Å². The van der Waals surface area contributed by atoms with Crippen LogP contribution < -0.4 is 4.74 Å². The minimum absolute atomic E-state index is 0.0150. The number of rotatable bonds is 3. The highest BCUT2D eigenvalue weighted by Gasteiger charge is 2.21. The third-order valence-corrected chi connectivity index (χ3v) is 1.97. The molecule has 0 saturated heterocycles. The first-order chi connectivity index (χ1) is 6.61. The van der Waals surface area contributed by atoms with Gasteiger partial charge in [-0.15, -0.1) is 0 Å². The topological polar surface area (TPSA) is 42.4 Å². The fourth-order valence-corrected chi connectivity index (χ4v) is 1.31. The molecule has 14 heavy (non-hydrogen) atoms. The van der Waals surface area contributed by atoms with E-state index < -0.39 is 18.6 Å². The van der Waals surface area contributed by atoms with Crippen molar-refractivity contribution >= 4 is 11.6 Å². The maximum atomic E-state index is 12.6. The monoisotopic (exact) mass is 223 g/mol. The summed E-state index contributed by atoms with van der Waals surface area (Å²) < 4.78 is 29.8. The molecule has 0 spiro atoms. The summed E-state index contributed by atoms with van der Waals surface area (Å²) in [5, 5.41) is 8.67.